The van der Waals surface area contributed by atoms with Crippen molar-refractivity contribution in [1.29, 1.82) is 0 Å². The highest BCUT2D eigenvalue weighted by atomic mass is 16.5. The third-order valence-electron chi connectivity index (χ3n) is 4.28. The van der Waals surface area contributed by atoms with E-state index in [4.69, 9.17) is 4.74 Å². The average molecular weight is 227 g/mol. The number of nitrogens with zero attached hydrogens (tertiary/aromatic N) is 1. The van der Waals surface area contributed by atoms with Gasteiger partial charge in [-0.25, -0.2) is 0 Å². The molecule has 1 rings (SSSR count). The van der Waals surface area contributed by atoms with Crippen molar-refractivity contribution in [2.24, 2.45) is 11.3 Å². The molecule has 16 heavy (non-hydrogen) atoms. The highest BCUT2D eigenvalue weighted by molar-refractivity contribution is 5.00. The van der Waals surface area contributed by atoms with Crippen LogP contribution >= 0.6 is 0 Å². The third kappa shape index (κ3) is 2.43. The zero-order valence-electron chi connectivity index (χ0n) is 12.1. The van der Waals surface area contributed by atoms with Gasteiger partial charge in [-0.3, -0.25) is 0 Å². The van der Waals surface area contributed by atoms with Gasteiger partial charge in [0, 0.05) is 12.6 Å². The molecule has 2 unspecified atom stereocenters. The molecule has 2 heteroatoms. The van der Waals surface area contributed by atoms with Crippen molar-refractivity contribution in [3.05, 3.63) is 0 Å². The summed E-state index contributed by atoms with van der Waals surface area (Å²) in [6.45, 7) is 12.4. The van der Waals surface area contributed by atoms with Gasteiger partial charge in [0.15, 0.2) is 0 Å². The smallest absolute Gasteiger partial charge is 0.0768 e. The van der Waals surface area contributed by atoms with E-state index in [0.29, 0.717) is 12.0 Å². The van der Waals surface area contributed by atoms with Crippen LogP contribution in [0.1, 0.15) is 47.5 Å². The highest BCUT2D eigenvalue weighted by Crippen LogP contribution is 2.46. The van der Waals surface area contributed by atoms with Crippen LogP contribution < -0.4 is 0 Å². The van der Waals surface area contributed by atoms with Crippen molar-refractivity contribution >= 4 is 0 Å². The van der Waals surface area contributed by atoms with Gasteiger partial charge in [-0.2, -0.15) is 0 Å². The second-order valence-corrected chi connectivity index (χ2v) is 6.75. The van der Waals surface area contributed by atoms with Crippen LogP contribution in [0.25, 0.3) is 0 Å². The Kier molecular flexibility index (Phi) is 4.07. The average Bonchev–Trinajstić information content (AvgIpc) is 2.15. The normalized spacial score (nSPS) is 32.4. The van der Waals surface area contributed by atoms with Crippen LogP contribution in [0.3, 0.4) is 0 Å². The molecule has 1 aliphatic rings. The van der Waals surface area contributed by atoms with Crippen molar-refractivity contribution in [1.82, 2.24) is 4.90 Å². The summed E-state index contributed by atoms with van der Waals surface area (Å²) in [4.78, 5) is 2.35. The molecule has 0 amide bonds. The van der Waals surface area contributed by atoms with Gasteiger partial charge >= 0.3 is 0 Å². The predicted molar refractivity (Wildman–Crippen MR) is 69.7 cm³/mol. The molecule has 0 radical (unpaired) electrons. The van der Waals surface area contributed by atoms with E-state index in [1.807, 2.05) is 0 Å². The van der Waals surface area contributed by atoms with E-state index in [-0.39, 0.29) is 11.0 Å². The summed E-state index contributed by atoms with van der Waals surface area (Å²) in [6, 6.07) is 0.662. The van der Waals surface area contributed by atoms with Crippen molar-refractivity contribution in [3.63, 3.8) is 0 Å². The van der Waals surface area contributed by atoms with Crippen LogP contribution in [0.15, 0.2) is 0 Å². The molecule has 96 valence electrons. The zero-order valence-corrected chi connectivity index (χ0v) is 12.1. The molecule has 0 aliphatic carbocycles. The van der Waals surface area contributed by atoms with Gasteiger partial charge in [0.25, 0.3) is 0 Å². The van der Waals surface area contributed by atoms with Crippen molar-refractivity contribution in [2.45, 2.75) is 59.1 Å². The minimum Gasteiger partial charge on any atom is -0.374 e. The molecular weight excluding hydrogens is 198 g/mol. The molecule has 0 aromatic rings. The Balaban J connectivity index is 2.94. The summed E-state index contributed by atoms with van der Waals surface area (Å²) < 4.78 is 6.25. The Labute approximate surface area is 101 Å². The van der Waals surface area contributed by atoms with E-state index in [0.717, 1.165) is 19.4 Å². The highest BCUT2D eigenvalue weighted by Gasteiger charge is 2.49. The molecule has 0 N–H and O–H groups in total. The maximum Gasteiger partial charge on any atom is 0.0768 e. The first-order chi connectivity index (χ1) is 7.21. The molecule has 2 nitrogen and oxygen atoms in total. The first kappa shape index (κ1) is 14.0. The fourth-order valence-electron chi connectivity index (χ4n) is 3.12. The van der Waals surface area contributed by atoms with E-state index in [1.54, 1.807) is 0 Å². The molecule has 0 aromatic heterocycles. The van der Waals surface area contributed by atoms with Gasteiger partial charge in [0.2, 0.25) is 0 Å². The van der Waals surface area contributed by atoms with Crippen molar-refractivity contribution < 1.29 is 4.74 Å². The predicted octanol–water partition coefficient (Wildman–Crippen LogP) is 3.17. The van der Waals surface area contributed by atoms with Gasteiger partial charge in [-0.1, -0.05) is 34.6 Å². The third-order valence-corrected chi connectivity index (χ3v) is 4.28. The first-order valence-electron chi connectivity index (χ1n) is 6.51. The maximum atomic E-state index is 6.25. The minimum absolute atomic E-state index is 0.0280. The lowest BCUT2D eigenvalue weighted by Crippen LogP contribution is -2.56. The molecule has 1 aliphatic heterocycles. The summed E-state index contributed by atoms with van der Waals surface area (Å²) in [5.41, 5.74) is 0.232. The van der Waals surface area contributed by atoms with Crippen LogP contribution in [0.2, 0.25) is 0 Å². The van der Waals surface area contributed by atoms with E-state index >= 15 is 0 Å². The first-order valence-corrected chi connectivity index (χ1v) is 6.51. The second-order valence-electron chi connectivity index (χ2n) is 6.75. The molecular formula is C14H29NO. The minimum atomic E-state index is 0.0280. The Morgan fingerprint density at radius 2 is 1.81 bits per heavy atom. The molecule has 0 spiro atoms. The van der Waals surface area contributed by atoms with Gasteiger partial charge in [-0.05, 0) is 38.3 Å². The van der Waals surface area contributed by atoms with Gasteiger partial charge in [0.05, 0.1) is 5.60 Å². The lowest BCUT2D eigenvalue weighted by molar-refractivity contribution is -0.185. The lowest BCUT2D eigenvalue weighted by Gasteiger charge is -2.53. The Morgan fingerprint density at radius 1 is 1.25 bits per heavy atom. The lowest BCUT2D eigenvalue weighted by atomic mass is 9.65. The Hall–Kier alpha value is -0.0800. The number of hydrogen-bond acceptors (Lipinski definition) is 2. The summed E-state index contributed by atoms with van der Waals surface area (Å²) in [5.74, 6) is 0.565. The van der Waals surface area contributed by atoms with E-state index in [1.165, 1.54) is 0 Å². The number of hydrogen-bond donors (Lipinski definition) is 0. The fourth-order valence-corrected chi connectivity index (χ4v) is 3.12. The fraction of sp³-hybridized carbons (Fsp3) is 1.00. The van der Waals surface area contributed by atoms with Crippen LogP contribution in [-0.2, 0) is 4.74 Å². The number of ether oxygens (including phenoxy) is 1. The summed E-state index contributed by atoms with van der Waals surface area (Å²) in [5, 5.41) is 0. The molecule has 1 fully saturated rings. The van der Waals surface area contributed by atoms with Gasteiger partial charge in [0.1, 0.15) is 0 Å². The van der Waals surface area contributed by atoms with Crippen molar-refractivity contribution in [3.8, 4) is 0 Å². The number of rotatable bonds is 2. The summed E-state index contributed by atoms with van der Waals surface area (Å²) >= 11 is 0. The van der Waals surface area contributed by atoms with Crippen molar-refractivity contribution in [2.75, 3.05) is 20.7 Å². The topological polar surface area (TPSA) is 12.5 Å². The molecule has 1 saturated heterocycles. The molecule has 0 aromatic carbocycles. The standard InChI is InChI=1S/C14H29NO/c1-11(2)14(13(3,4)5)10-12(15(6)7)8-9-16-14/h11-12H,8-10H2,1-7H3. The van der Waals surface area contributed by atoms with Gasteiger partial charge < -0.3 is 9.64 Å². The largest absolute Gasteiger partial charge is 0.374 e. The van der Waals surface area contributed by atoms with Gasteiger partial charge in [-0.15, -0.1) is 0 Å². The van der Waals surface area contributed by atoms with Crippen LogP contribution in [0, 0.1) is 11.3 Å². The Bertz CT molecular complexity index is 229. The summed E-state index contributed by atoms with van der Waals surface area (Å²) in [6.07, 6.45) is 2.32. The molecule has 2 atom stereocenters. The van der Waals surface area contributed by atoms with E-state index in [9.17, 15) is 0 Å². The van der Waals surface area contributed by atoms with Crippen LogP contribution in [0.5, 0.6) is 0 Å². The van der Waals surface area contributed by atoms with E-state index < -0.39 is 0 Å². The van der Waals surface area contributed by atoms with Crippen LogP contribution in [-0.4, -0.2) is 37.2 Å². The quantitative estimate of drug-likeness (QED) is 0.718. The van der Waals surface area contributed by atoms with Crippen LogP contribution in [0.4, 0.5) is 0 Å². The molecule has 1 heterocycles. The molecule has 0 bridgehead atoms. The summed E-state index contributed by atoms with van der Waals surface area (Å²) in [7, 11) is 4.37. The zero-order chi connectivity index (χ0) is 12.6. The monoisotopic (exact) mass is 227 g/mol. The SMILES string of the molecule is CC(C)C1(C(C)(C)C)CC(N(C)C)CCO1. The second kappa shape index (κ2) is 4.66. The maximum absolute atomic E-state index is 6.25. The van der Waals surface area contributed by atoms with E-state index in [2.05, 4.69) is 53.6 Å². The Morgan fingerprint density at radius 3 is 2.19 bits per heavy atom. The molecule has 0 saturated carbocycles.